The van der Waals surface area contributed by atoms with Crippen molar-refractivity contribution >= 4 is 17.5 Å². The van der Waals surface area contributed by atoms with Crippen molar-refractivity contribution in [2.75, 3.05) is 11.4 Å². The zero-order chi connectivity index (χ0) is 14.0. The number of nitrogens with zero attached hydrogens (tertiary/aromatic N) is 1. The number of nitrogens with one attached hydrogen (secondary N) is 1. The summed E-state index contributed by atoms with van der Waals surface area (Å²) in [5, 5.41) is 2.77. The second-order valence-corrected chi connectivity index (χ2v) is 4.71. The number of piperazine rings is 1. The normalized spacial score (nSPS) is 18.4. The van der Waals surface area contributed by atoms with Crippen molar-refractivity contribution in [1.29, 1.82) is 0 Å². The van der Waals surface area contributed by atoms with Gasteiger partial charge >= 0.3 is 0 Å². The zero-order valence-corrected chi connectivity index (χ0v) is 11.1. The van der Waals surface area contributed by atoms with Crippen LogP contribution < -0.4 is 10.2 Å². The van der Waals surface area contributed by atoms with Gasteiger partial charge in [-0.1, -0.05) is 19.9 Å². The predicted octanol–water partition coefficient (Wildman–Crippen LogP) is 1.85. The Kier molecular flexibility index (Phi) is 3.55. The van der Waals surface area contributed by atoms with E-state index in [4.69, 9.17) is 0 Å². The molecule has 0 radical (unpaired) electrons. The van der Waals surface area contributed by atoms with Crippen molar-refractivity contribution in [3.05, 3.63) is 30.1 Å². The molecule has 1 aliphatic rings. The third kappa shape index (κ3) is 2.32. The number of hydrogen-bond acceptors (Lipinski definition) is 2. The van der Waals surface area contributed by atoms with Crippen LogP contribution in [0.4, 0.5) is 10.1 Å². The fourth-order valence-electron chi connectivity index (χ4n) is 2.42. The number of halogens is 1. The Hall–Kier alpha value is -1.91. The van der Waals surface area contributed by atoms with Crippen molar-refractivity contribution in [2.24, 2.45) is 0 Å². The molecule has 2 rings (SSSR count). The lowest BCUT2D eigenvalue weighted by molar-refractivity contribution is -0.136. The van der Waals surface area contributed by atoms with Crippen LogP contribution in [0.15, 0.2) is 24.3 Å². The number of anilines is 1. The van der Waals surface area contributed by atoms with Gasteiger partial charge in [0.1, 0.15) is 17.9 Å². The molecule has 1 saturated heterocycles. The molecule has 0 unspecified atom stereocenters. The third-order valence-electron chi connectivity index (χ3n) is 3.66. The molecule has 0 spiro atoms. The predicted molar refractivity (Wildman–Crippen MR) is 70.2 cm³/mol. The molecular weight excluding hydrogens is 247 g/mol. The molecule has 1 aromatic carbocycles. The number of carbonyl (C=O) groups excluding carboxylic acids is 2. The van der Waals surface area contributed by atoms with Gasteiger partial charge in [-0.3, -0.25) is 9.59 Å². The van der Waals surface area contributed by atoms with Gasteiger partial charge in [0.25, 0.3) is 5.91 Å². The smallest absolute Gasteiger partial charge is 0.253 e. The Bertz CT molecular complexity index is 512. The first-order valence-corrected chi connectivity index (χ1v) is 6.41. The van der Waals surface area contributed by atoms with Crippen molar-refractivity contribution < 1.29 is 14.0 Å². The van der Waals surface area contributed by atoms with Crippen LogP contribution in [0.5, 0.6) is 0 Å². The highest BCUT2D eigenvalue weighted by Gasteiger charge is 2.44. The van der Waals surface area contributed by atoms with Gasteiger partial charge in [0.2, 0.25) is 5.91 Å². The number of carbonyl (C=O) groups is 2. The standard InChI is InChI=1S/C14H17FN2O2/c1-3-14(4-2)13(19)17(9-12(18)16-14)11-7-5-6-10(15)8-11/h5-8H,3-4,9H2,1-2H3,(H,16,18). The summed E-state index contributed by atoms with van der Waals surface area (Å²) in [6.07, 6.45) is 1.03. The third-order valence-corrected chi connectivity index (χ3v) is 3.66. The fraction of sp³-hybridized carbons (Fsp3) is 0.429. The van der Waals surface area contributed by atoms with E-state index in [-0.39, 0.29) is 18.4 Å². The summed E-state index contributed by atoms with van der Waals surface area (Å²) in [5.41, 5.74) is -0.451. The lowest BCUT2D eigenvalue weighted by Gasteiger charge is -2.41. The Labute approximate surface area is 111 Å². The number of hydrogen-bond donors (Lipinski definition) is 1. The van der Waals surface area contributed by atoms with E-state index in [2.05, 4.69) is 5.32 Å². The van der Waals surface area contributed by atoms with Crippen LogP contribution in [0.1, 0.15) is 26.7 Å². The Morgan fingerprint density at radius 1 is 1.32 bits per heavy atom. The van der Waals surface area contributed by atoms with Gasteiger partial charge < -0.3 is 10.2 Å². The van der Waals surface area contributed by atoms with Gasteiger partial charge in [0.15, 0.2) is 0 Å². The van der Waals surface area contributed by atoms with E-state index in [1.807, 2.05) is 13.8 Å². The summed E-state index contributed by atoms with van der Waals surface area (Å²) < 4.78 is 13.3. The van der Waals surface area contributed by atoms with Gasteiger partial charge in [-0.2, -0.15) is 0 Å². The van der Waals surface area contributed by atoms with Crippen molar-refractivity contribution in [3.8, 4) is 0 Å². The van der Waals surface area contributed by atoms with Crippen LogP contribution in [-0.4, -0.2) is 23.9 Å². The van der Waals surface area contributed by atoms with Crippen LogP contribution in [0.25, 0.3) is 0 Å². The van der Waals surface area contributed by atoms with Gasteiger partial charge in [-0.05, 0) is 31.0 Å². The molecule has 5 heteroatoms. The minimum atomic E-state index is -0.873. The molecule has 0 atom stereocenters. The molecule has 1 aromatic rings. The van der Waals surface area contributed by atoms with Gasteiger partial charge in [0, 0.05) is 5.69 Å². The SMILES string of the molecule is CCC1(CC)NC(=O)CN(c2cccc(F)c2)C1=O. The number of benzene rings is 1. The summed E-state index contributed by atoms with van der Waals surface area (Å²) in [4.78, 5) is 25.7. The zero-order valence-electron chi connectivity index (χ0n) is 11.1. The molecule has 0 aliphatic carbocycles. The Morgan fingerprint density at radius 3 is 2.58 bits per heavy atom. The maximum atomic E-state index is 13.3. The van der Waals surface area contributed by atoms with Crippen molar-refractivity contribution in [2.45, 2.75) is 32.2 Å². The first-order chi connectivity index (χ1) is 9.02. The van der Waals surface area contributed by atoms with Gasteiger partial charge in [-0.25, -0.2) is 4.39 Å². The van der Waals surface area contributed by atoms with E-state index in [1.54, 1.807) is 6.07 Å². The lowest BCUT2D eigenvalue weighted by Crippen LogP contribution is -2.66. The molecular formula is C14H17FN2O2. The minimum absolute atomic E-state index is 0.0654. The highest BCUT2D eigenvalue weighted by Crippen LogP contribution is 2.26. The second-order valence-electron chi connectivity index (χ2n) is 4.71. The number of rotatable bonds is 3. The largest absolute Gasteiger partial charge is 0.340 e. The molecule has 102 valence electrons. The molecule has 2 amide bonds. The van der Waals surface area contributed by atoms with E-state index in [0.717, 1.165) is 0 Å². The Balaban J connectivity index is 2.40. The minimum Gasteiger partial charge on any atom is -0.340 e. The molecule has 19 heavy (non-hydrogen) atoms. The van der Waals surface area contributed by atoms with Gasteiger partial charge in [-0.15, -0.1) is 0 Å². The summed E-state index contributed by atoms with van der Waals surface area (Å²) in [7, 11) is 0. The average molecular weight is 264 g/mol. The molecule has 1 aliphatic heterocycles. The van der Waals surface area contributed by atoms with Crippen LogP contribution in [0.3, 0.4) is 0 Å². The van der Waals surface area contributed by atoms with Crippen LogP contribution in [0.2, 0.25) is 0 Å². The average Bonchev–Trinajstić information content (AvgIpc) is 2.41. The summed E-state index contributed by atoms with van der Waals surface area (Å²) in [5.74, 6) is -0.815. The lowest BCUT2D eigenvalue weighted by atomic mass is 9.88. The van der Waals surface area contributed by atoms with Crippen LogP contribution in [0, 0.1) is 5.82 Å². The van der Waals surface area contributed by atoms with E-state index in [1.165, 1.54) is 23.1 Å². The van der Waals surface area contributed by atoms with Crippen molar-refractivity contribution in [3.63, 3.8) is 0 Å². The second kappa shape index (κ2) is 4.99. The molecule has 0 aromatic heterocycles. The first kappa shape index (κ1) is 13.5. The highest BCUT2D eigenvalue weighted by molar-refractivity contribution is 6.09. The Morgan fingerprint density at radius 2 is 2.00 bits per heavy atom. The van der Waals surface area contributed by atoms with Crippen LogP contribution >= 0.6 is 0 Å². The number of amides is 2. The quantitative estimate of drug-likeness (QED) is 0.905. The molecule has 1 heterocycles. The monoisotopic (exact) mass is 264 g/mol. The fourth-order valence-corrected chi connectivity index (χ4v) is 2.42. The van der Waals surface area contributed by atoms with E-state index < -0.39 is 11.4 Å². The molecule has 0 bridgehead atoms. The molecule has 1 fully saturated rings. The maximum Gasteiger partial charge on any atom is 0.253 e. The van der Waals surface area contributed by atoms with E-state index in [9.17, 15) is 14.0 Å². The topological polar surface area (TPSA) is 49.4 Å². The summed E-state index contributed by atoms with van der Waals surface area (Å²) >= 11 is 0. The first-order valence-electron chi connectivity index (χ1n) is 6.41. The van der Waals surface area contributed by atoms with Crippen LogP contribution in [-0.2, 0) is 9.59 Å². The molecule has 1 N–H and O–H groups in total. The maximum absolute atomic E-state index is 13.3. The molecule has 4 nitrogen and oxygen atoms in total. The van der Waals surface area contributed by atoms with Crippen molar-refractivity contribution in [1.82, 2.24) is 5.32 Å². The summed E-state index contributed by atoms with van der Waals surface area (Å²) in [6.45, 7) is 3.65. The summed E-state index contributed by atoms with van der Waals surface area (Å²) in [6, 6.07) is 5.75. The highest BCUT2D eigenvalue weighted by atomic mass is 19.1. The van der Waals surface area contributed by atoms with Gasteiger partial charge in [0.05, 0.1) is 0 Å². The van der Waals surface area contributed by atoms with E-state index >= 15 is 0 Å². The van der Waals surface area contributed by atoms with E-state index in [0.29, 0.717) is 18.5 Å². The molecule has 0 saturated carbocycles.